The molecule has 1 amide bonds. The van der Waals surface area contributed by atoms with Crippen molar-refractivity contribution in [1.82, 2.24) is 4.90 Å². The number of carbonyl (C=O) groups excluding carboxylic acids is 1. The quantitative estimate of drug-likeness (QED) is 0.670. The van der Waals surface area contributed by atoms with E-state index in [2.05, 4.69) is 0 Å². The molecule has 1 aliphatic heterocycles. The van der Waals surface area contributed by atoms with Crippen molar-refractivity contribution in [3.05, 3.63) is 0 Å². The number of amides is 1. The molecule has 0 radical (unpaired) electrons. The van der Waals surface area contributed by atoms with Crippen molar-refractivity contribution in [3.63, 3.8) is 0 Å². The van der Waals surface area contributed by atoms with E-state index in [-0.39, 0.29) is 11.7 Å². The lowest BCUT2D eigenvalue weighted by Crippen LogP contribution is -2.40. The molecule has 0 aliphatic carbocycles. The average molecular weight is 221 g/mol. The Morgan fingerprint density at radius 1 is 1.43 bits per heavy atom. The van der Waals surface area contributed by atoms with Gasteiger partial charge in [0.15, 0.2) is 11.1 Å². The van der Waals surface area contributed by atoms with Gasteiger partial charge in [-0.25, -0.2) is 4.21 Å². The zero-order chi connectivity index (χ0) is 10.4. The minimum atomic E-state index is -1.78. The second kappa shape index (κ2) is 6.10. The highest BCUT2D eigenvalue weighted by molar-refractivity contribution is 7.79. The summed E-state index contributed by atoms with van der Waals surface area (Å²) in [5.74, 6) is 0.231. The normalized spacial score (nSPS) is 19.4. The first-order valence-electron chi connectivity index (χ1n) is 4.63. The van der Waals surface area contributed by atoms with Crippen LogP contribution < -0.4 is 0 Å². The molecule has 1 N–H and O–H groups in total. The van der Waals surface area contributed by atoms with Gasteiger partial charge in [-0.2, -0.15) is 0 Å². The first-order chi connectivity index (χ1) is 6.70. The van der Waals surface area contributed by atoms with E-state index in [1.54, 1.807) is 4.90 Å². The minimum Gasteiger partial charge on any atom is -0.378 e. The maximum Gasteiger partial charge on any atom is 0.222 e. The van der Waals surface area contributed by atoms with Gasteiger partial charge in [0.2, 0.25) is 5.91 Å². The van der Waals surface area contributed by atoms with Gasteiger partial charge in [-0.3, -0.25) is 4.79 Å². The summed E-state index contributed by atoms with van der Waals surface area (Å²) < 4.78 is 23.9. The molecular weight excluding hydrogens is 206 g/mol. The van der Waals surface area contributed by atoms with Gasteiger partial charge in [0.05, 0.1) is 13.2 Å². The molecule has 1 heterocycles. The number of nitrogens with zero attached hydrogens (tertiary/aromatic N) is 1. The Bertz CT molecular complexity index is 215. The standard InChI is InChI=1S/C8H15NO4S/c10-8(2-1-7-14(11)12)9-3-5-13-6-4-9/h1-7H2,(H,11,12). The molecule has 14 heavy (non-hydrogen) atoms. The Labute approximate surface area is 85.7 Å². The Morgan fingerprint density at radius 3 is 2.64 bits per heavy atom. The molecular formula is C8H15NO4S. The highest BCUT2D eigenvalue weighted by Gasteiger charge is 2.16. The van der Waals surface area contributed by atoms with Gasteiger partial charge in [-0.15, -0.1) is 0 Å². The zero-order valence-corrected chi connectivity index (χ0v) is 8.79. The number of rotatable bonds is 4. The van der Waals surface area contributed by atoms with Crippen LogP contribution in [0.4, 0.5) is 0 Å². The Morgan fingerprint density at radius 2 is 2.07 bits per heavy atom. The predicted molar refractivity (Wildman–Crippen MR) is 52.3 cm³/mol. The third kappa shape index (κ3) is 4.17. The molecule has 0 aromatic rings. The molecule has 0 saturated carbocycles. The van der Waals surface area contributed by atoms with E-state index in [0.29, 0.717) is 39.1 Å². The SMILES string of the molecule is O=C(CCCS(=O)O)N1CCOCC1. The molecule has 6 heteroatoms. The van der Waals surface area contributed by atoms with Gasteiger partial charge >= 0.3 is 0 Å². The molecule has 0 spiro atoms. The van der Waals surface area contributed by atoms with Crippen molar-refractivity contribution in [2.24, 2.45) is 0 Å². The van der Waals surface area contributed by atoms with Gasteiger partial charge < -0.3 is 14.2 Å². The molecule has 1 fully saturated rings. The Balaban J connectivity index is 2.16. The lowest BCUT2D eigenvalue weighted by Gasteiger charge is -2.26. The number of carbonyl (C=O) groups is 1. The first kappa shape index (κ1) is 11.6. The van der Waals surface area contributed by atoms with Crippen LogP contribution >= 0.6 is 0 Å². The highest BCUT2D eigenvalue weighted by atomic mass is 32.2. The Kier molecular flexibility index (Phi) is 5.06. The van der Waals surface area contributed by atoms with Gasteiger partial charge in [0, 0.05) is 25.3 Å². The van der Waals surface area contributed by atoms with E-state index in [1.165, 1.54) is 0 Å². The molecule has 1 aliphatic rings. The lowest BCUT2D eigenvalue weighted by molar-refractivity contribution is -0.135. The fourth-order valence-corrected chi connectivity index (χ4v) is 1.71. The van der Waals surface area contributed by atoms with E-state index in [1.807, 2.05) is 0 Å². The Hall–Kier alpha value is -0.460. The fraction of sp³-hybridized carbons (Fsp3) is 0.875. The summed E-state index contributed by atoms with van der Waals surface area (Å²) in [5.41, 5.74) is 0. The molecule has 1 saturated heterocycles. The van der Waals surface area contributed by atoms with Gasteiger partial charge in [-0.1, -0.05) is 0 Å². The number of hydrogen-bond donors (Lipinski definition) is 1. The van der Waals surface area contributed by atoms with Crippen LogP contribution in [0.3, 0.4) is 0 Å². The summed E-state index contributed by atoms with van der Waals surface area (Å²) in [4.78, 5) is 13.2. The van der Waals surface area contributed by atoms with Crippen LogP contribution in [0.5, 0.6) is 0 Å². The summed E-state index contributed by atoms with van der Waals surface area (Å²) in [6.45, 7) is 2.47. The monoisotopic (exact) mass is 221 g/mol. The van der Waals surface area contributed by atoms with Crippen molar-refractivity contribution in [2.45, 2.75) is 12.8 Å². The molecule has 1 rings (SSSR count). The van der Waals surface area contributed by atoms with Crippen molar-refractivity contribution >= 4 is 17.0 Å². The van der Waals surface area contributed by atoms with Gasteiger partial charge in [-0.05, 0) is 6.42 Å². The maximum absolute atomic E-state index is 11.5. The van der Waals surface area contributed by atoms with Crippen molar-refractivity contribution in [3.8, 4) is 0 Å². The summed E-state index contributed by atoms with van der Waals surface area (Å²) >= 11 is -1.78. The lowest BCUT2D eigenvalue weighted by atomic mass is 10.3. The second-order valence-corrected chi connectivity index (χ2v) is 4.17. The minimum absolute atomic E-state index is 0.0544. The van der Waals surface area contributed by atoms with E-state index >= 15 is 0 Å². The predicted octanol–water partition coefficient (Wildman–Crippen LogP) is -0.153. The number of morpholine rings is 1. The molecule has 0 bridgehead atoms. The van der Waals surface area contributed by atoms with Crippen molar-refractivity contribution in [1.29, 1.82) is 0 Å². The van der Waals surface area contributed by atoms with Crippen molar-refractivity contribution in [2.75, 3.05) is 32.1 Å². The molecule has 1 unspecified atom stereocenters. The molecule has 0 aromatic carbocycles. The third-order valence-electron chi connectivity index (χ3n) is 2.07. The van der Waals surface area contributed by atoms with Crippen LogP contribution in [0.2, 0.25) is 0 Å². The summed E-state index contributed by atoms with van der Waals surface area (Å²) in [7, 11) is 0. The molecule has 0 aromatic heterocycles. The summed E-state index contributed by atoms with van der Waals surface area (Å²) in [5, 5.41) is 0. The van der Waals surface area contributed by atoms with E-state index < -0.39 is 11.1 Å². The van der Waals surface area contributed by atoms with Crippen LogP contribution in [0, 0.1) is 0 Å². The zero-order valence-electron chi connectivity index (χ0n) is 7.98. The van der Waals surface area contributed by atoms with E-state index in [0.717, 1.165) is 0 Å². The average Bonchev–Trinajstić information content (AvgIpc) is 2.18. The topological polar surface area (TPSA) is 66.8 Å². The first-order valence-corrected chi connectivity index (χ1v) is 5.90. The fourth-order valence-electron chi connectivity index (χ4n) is 1.32. The molecule has 5 nitrogen and oxygen atoms in total. The second-order valence-electron chi connectivity index (χ2n) is 3.12. The third-order valence-corrected chi connectivity index (χ3v) is 2.71. The van der Waals surface area contributed by atoms with Gasteiger partial charge in [0.25, 0.3) is 0 Å². The van der Waals surface area contributed by atoms with Crippen molar-refractivity contribution < 1.29 is 18.3 Å². The summed E-state index contributed by atoms with van der Waals surface area (Å²) in [6, 6.07) is 0. The smallest absolute Gasteiger partial charge is 0.222 e. The highest BCUT2D eigenvalue weighted by Crippen LogP contribution is 2.02. The van der Waals surface area contributed by atoms with E-state index in [4.69, 9.17) is 9.29 Å². The number of ether oxygens (including phenoxy) is 1. The molecule has 82 valence electrons. The van der Waals surface area contributed by atoms with Crippen LogP contribution in [0.25, 0.3) is 0 Å². The molecule has 1 atom stereocenters. The van der Waals surface area contributed by atoms with Crippen LogP contribution in [0.15, 0.2) is 0 Å². The number of hydrogen-bond acceptors (Lipinski definition) is 3. The maximum atomic E-state index is 11.5. The van der Waals surface area contributed by atoms with Crippen LogP contribution in [-0.2, 0) is 20.6 Å². The van der Waals surface area contributed by atoms with E-state index in [9.17, 15) is 9.00 Å². The van der Waals surface area contributed by atoms with Gasteiger partial charge in [0.1, 0.15) is 0 Å². The van der Waals surface area contributed by atoms with Crippen LogP contribution in [-0.4, -0.2) is 51.6 Å². The summed E-state index contributed by atoms with van der Waals surface area (Å²) in [6.07, 6.45) is 0.825. The largest absolute Gasteiger partial charge is 0.378 e. The van der Waals surface area contributed by atoms with Crippen LogP contribution in [0.1, 0.15) is 12.8 Å².